The summed E-state index contributed by atoms with van der Waals surface area (Å²) >= 11 is 0. The molecule has 0 aliphatic heterocycles. The van der Waals surface area contributed by atoms with Crippen molar-refractivity contribution in [3.05, 3.63) is 13.8 Å². The summed E-state index contributed by atoms with van der Waals surface area (Å²) in [5.74, 6) is -1.08. The molecule has 0 rings (SSSR count). The molecule has 0 atom stereocenters. The summed E-state index contributed by atoms with van der Waals surface area (Å²) in [5, 5.41) is 8.89. The van der Waals surface area contributed by atoms with Gasteiger partial charge in [0.25, 0.3) is 0 Å². The van der Waals surface area contributed by atoms with Gasteiger partial charge < -0.3 is 38.0 Å². The predicted molar refractivity (Wildman–Crippen MR) is 74.7 cm³/mol. The molecule has 0 heterocycles. The molecule has 118 valence electrons. The second-order valence-corrected chi connectivity index (χ2v) is 2.68. The molecule has 5 nitrogen and oxygen atoms in total. The van der Waals surface area contributed by atoms with E-state index in [9.17, 15) is 4.79 Å². The van der Waals surface area contributed by atoms with Crippen LogP contribution in [0.15, 0.2) is 0 Å². The summed E-state index contributed by atoms with van der Waals surface area (Å²) in [7, 11) is 0. The van der Waals surface area contributed by atoms with Gasteiger partial charge in [-0.25, -0.2) is 6.29 Å². The van der Waals surface area contributed by atoms with Crippen molar-refractivity contribution in [2.45, 2.75) is 53.8 Å². The van der Waals surface area contributed by atoms with Gasteiger partial charge in [-0.05, 0) is 19.8 Å². The maximum atomic E-state index is 10.1. The number of carbonyl (C=O) groups excluding carboxylic acids is 2. The van der Waals surface area contributed by atoms with Gasteiger partial charge in [-0.15, -0.1) is 0 Å². The van der Waals surface area contributed by atoms with Crippen molar-refractivity contribution in [3.8, 4) is 0 Å². The molecule has 0 bridgehead atoms. The first-order valence-electron chi connectivity index (χ1n) is 6.28. The molecule has 0 amide bonds. The molecule has 0 N–H and O–H groups in total. The Bertz CT molecular complexity index is 154. The molecule has 0 aliphatic carbocycles. The quantitative estimate of drug-likeness (QED) is 0.405. The summed E-state index contributed by atoms with van der Waals surface area (Å²) < 4.78 is 9.99. The standard InChI is InChI=1S/C8H15O3.C2H4O2.2C2H5.Ti/c1-3-5-10-8(7-9)11-6-4-2;1-2(3)4;2*1-2;/h8H,3-6H2,1-2H3;1H3,(H,3,4);2*1H2,2H3;/q-1;;2*-1;+4/p-1. The average molecular weight is 324 g/mol. The molecule has 0 aromatic heterocycles. The maximum Gasteiger partial charge on any atom is 4.00 e. The Morgan fingerprint density at radius 3 is 1.50 bits per heavy atom. The second kappa shape index (κ2) is 36.3. The minimum atomic E-state index is -1.08. The number of carboxylic acids is 1. The van der Waals surface area contributed by atoms with E-state index in [0.717, 1.165) is 19.8 Å². The SMILES string of the molecule is CC(=O)[O-].CCCOC([C-]=O)OCCC.[CH2-]C.[CH2-]C.[Ti+4]. The van der Waals surface area contributed by atoms with Crippen LogP contribution in [0.2, 0.25) is 0 Å². The second-order valence-electron chi connectivity index (χ2n) is 2.68. The zero-order valence-corrected chi connectivity index (χ0v) is 14.9. The number of rotatable bonds is 7. The largest absolute Gasteiger partial charge is 4.00 e. The maximum absolute atomic E-state index is 10.1. The summed E-state index contributed by atoms with van der Waals surface area (Å²) in [6, 6.07) is 0. The molecule has 0 aromatic carbocycles. The number of carboxylic acid groups (broad SMARTS) is 1. The Kier molecular flexibility index (Phi) is 58.0. The van der Waals surface area contributed by atoms with Crippen LogP contribution in [0.4, 0.5) is 0 Å². The third-order valence-electron chi connectivity index (χ3n) is 1.04. The van der Waals surface area contributed by atoms with E-state index in [-0.39, 0.29) is 21.7 Å². The summed E-state index contributed by atoms with van der Waals surface area (Å²) in [4.78, 5) is 19.0. The third-order valence-corrected chi connectivity index (χ3v) is 1.04. The smallest absolute Gasteiger partial charge is 0.550 e. The van der Waals surface area contributed by atoms with E-state index in [1.165, 1.54) is 0 Å². The van der Waals surface area contributed by atoms with Crippen molar-refractivity contribution in [1.82, 2.24) is 0 Å². The van der Waals surface area contributed by atoms with E-state index in [1.54, 1.807) is 20.1 Å². The van der Waals surface area contributed by atoms with Gasteiger partial charge in [0.15, 0.2) is 0 Å². The molecule has 0 saturated carbocycles. The van der Waals surface area contributed by atoms with Crippen LogP contribution in [-0.2, 0) is 40.8 Å². The summed E-state index contributed by atoms with van der Waals surface area (Å²) in [6.45, 7) is 16.0. The molecule has 20 heavy (non-hydrogen) atoms. The summed E-state index contributed by atoms with van der Waals surface area (Å²) in [5.41, 5.74) is 0. The molecule has 0 fully saturated rings. The van der Waals surface area contributed by atoms with Gasteiger partial charge in [0.2, 0.25) is 0 Å². The van der Waals surface area contributed by atoms with Crippen LogP contribution in [0.1, 0.15) is 47.5 Å². The number of carbonyl (C=O) groups is 1. The van der Waals surface area contributed by atoms with Crippen LogP contribution in [0.5, 0.6) is 0 Å². The average Bonchev–Trinajstić information content (AvgIpc) is 2.43. The molecule has 0 spiro atoms. The Hall–Kier alpha value is -0.226. The van der Waals surface area contributed by atoms with Gasteiger partial charge in [-0.3, -0.25) is 0 Å². The first kappa shape index (κ1) is 31.9. The number of hydrogen-bond acceptors (Lipinski definition) is 5. The van der Waals surface area contributed by atoms with Crippen LogP contribution >= 0.6 is 0 Å². The number of ether oxygens (including phenoxy) is 2. The van der Waals surface area contributed by atoms with Crippen LogP contribution in [0.25, 0.3) is 0 Å². The van der Waals surface area contributed by atoms with Crippen LogP contribution in [-0.4, -0.2) is 31.8 Å². The third kappa shape index (κ3) is 52.3. The van der Waals surface area contributed by atoms with Crippen LogP contribution < -0.4 is 5.11 Å². The fraction of sp³-hybridized carbons (Fsp3) is 0.714. The molecule has 0 unspecified atom stereocenters. The predicted octanol–water partition coefficient (Wildman–Crippen LogP) is 1.71. The first-order valence-corrected chi connectivity index (χ1v) is 6.28. The number of hydrogen-bond donors (Lipinski definition) is 0. The summed E-state index contributed by atoms with van der Waals surface area (Å²) in [6.07, 6.45) is 2.66. The van der Waals surface area contributed by atoms with E-state index in [2.05, 4.69) is 13.8 Å². The molecular formula is C14H28O5Ti. The van der Waals surface area contributed by atoms with Crippen molar-refractivity contribution in [2.24, 2.45) is 0 Å². The monoisotopic (exact) mass is 324 g/mol. The van der Waals surface area contributed by atoms with Gasteiger partial charge in [-0.2, -0.15) is 13.8 Å². The Morgan fingerprint density at radius 2 is 1.35 bits per heavy atom. The van der Waals surface area contributed by atoms with Crippen molar-refractivity contribution in [3.63, 3.8) is 0 Å². The molecule has 0 radical (unpaired) electrons. The minimum absolute atomic E-state index is 0. The Morgan fingerprint density at radius 1 is 1.10 bits per heavy atom. The van der Waals surface area contributed by atoms with Gasteiger partial charge in [-0.1, -0.05) is 13.8 Å². The fourth-order valence-corrected chi connectivity index (χ4v) is 0.566. The minimum Gasteiger partial charge on any atom is -0.550 e. The zero-order valence-electron chi connectivity index (χ0n) is 13.4. The van der Waals surface area contributed by atoms with Gasteiger partial charge >= 0.3 is 21.7 Å². The van der Waals surface area contributed by atoms with Crippen molar-refractivity contribution < 1.29 is 45.9 Å². The fourth-order valence-electron chi connectivity index (χ4n) is 0.566. The molecule has 0 aliphatic rings. The zero-order chi connectivity index (χ0) is 16.1. The van der Waals surface area contributed by atoms with Gasteiger partial charge in [0.1, 0.15) is 0 Å². The van der Waals surface area contributed by atoms with Crippen molar-refractivity contribution in [1.29, 1.82) is 0 Å². The number of aliphatic carboxylic acids is 1. The topological polar surface area (TPSA) is 75.7 Å². The molecular weight excluding hydrogens is 296 g/mol. The normalized spacial score (nSPS) is 7.60. The van der Waals surface area contributed by atoms with Crippen molar-refractivity contribution in [2.75, 3.05) is 13.2 Å². The van der Waals surface area contributed by atoms with Crippen LogP contribution in [0, 0.1) is 13.8 Å². The van der Waals surface area contributed by atoms with Crippen molar-refractivity contribution >= 4 is 12.3 Å². The van der Waals surface area contributed by atoms with E-state index < -0.39 is 12.3 Å². The van der Waals surface area contributed by atoms with Gasteiger partial charge in [0, 0.05) is 19.2 Å². The Balaban J connectivity index is -0.0000000705. The van der Waals surface area contributed by atoms with E-state index >= 15 is 0 Å². The van der Waals surface area contributed by atoms with E-state index in [1.807, 2.05) is 13.8 Å². The van der Waals surface area contributed by atoms with Crippen LogP contribution in [0.3, 0.4) is 0 Å². The van der Waals surface area contributed by atoms with E-state index in [0.29, 0.717) is 13.2 Å². The first-order chi connectivity index (χ1) is 9.08. The molecule has 6 heteroatoms. The molecule has 0 saturated heterocycles. The Labute approximate surface area is 139 Å². The van der Waals surface area contributed by atoms with E-state index in [4.69, 9.17) is 19.4 Å². The van der Waals surface area contributed by atoms with Gasteiger partial charge in [0.05, 0.1) is 6.29 Å². The molecule has 0 aromatic rings.